The fourth-order valence-corrected chi connectivity index (χ4v) is 8.32. The normalized spacial score (nSPS) is 21.1. The predicted octanol–water partition coefficient (Wildman–Crippen LogP) is 7.17. The molecule has 0 atom stereocenters. The largest absolute Gasteiger partial charge is 0.504 e. The highest BCUT2D eigenvalue weighted by Crippen LogP contribution is 2.68. The van der Waals surface area contributed by atoms with E-state index in [9.17, 15) is 61.3 Å². The first-order valence-electron chi connectivity index (χ1n) is 16.8. The van der Waals surface area contributed by atoms with Crippen LogP contribution in [0.2, 0.25) is 0 Å². The first-order chi connectivity index (χ1) is 25.7. The minimum Gasteiger partial charge on any atom is -0.504 e. The molecule has 7 rings (SSSR count). The van der Waals surface area contributed by atoms with Crippen LogP contribution in [0, 0.1) is 0 Å². The third kappa shape index (κ3) is 6.13. The Bertz CT molecular complexity index is 1950. The zero-order valence-electron chi connectivity index (χ0n) is 28.2. The first-order valence-corrected chi connectivity index (χ1v) is 16.8. The first kappa shape index (κ1) is 35.3. The quantitative estimate of drug-likeness (QED) is 0.0763. The van der Waals surface area contributed by atoms with E-state index in [-0.39, 0.29) is 0 Å². The van der Waals surface area contributed by atoms with Gasteiger partial charge in [-0.15, -0.1) is 0 Å². The molecule has 0 unspecified atom stereocenters. The van der Waals surface area contributed by atoms with Crippen LogP contribution < -0.4 is 0 Å². The van der Waals surface area contributed by atoms with Gasteiger partial charge in [0.1, 0.15) is 0 Å². The zero-order valence-corrected chi connectivity index (χ0v) is 28.2. The monoisotopic (exact) mass is 732 g/mol. The molecule has 6 aromatic rings. The van der Waals surface area contributed by atoms with Gasteiger partial charge in [0, 0.05) is 0 Å². The molecule has 1 fully saturated rings. The van der Waals surface area contributed by atoms with E-state index in [1.807, 2.05) is 0 Å². The van der Waals surface area contributed by atoms with E-state index in [4.69, 9.17) is 0 Å². The number of phenols is 12. The lowest BCUT2D eigenvalue weighted by Gasteiger charge is -2.53. The highest BCUT2D eigenvalue weighted by molar-refractivity contribution is 5.57. The van der Waals surface area contributed by atoms with Gasteiger partial charge in [-0.3, -0.25) is 0 Å². The molecule has 1 saturated carbocycles. The van der Waals surface area contributed by atoms with Gasteiger partial charge < -0.3 is 61.3 Å². The molecule has 0 saturated heterocycles. The van der Waals surface area contributed by atoms with Crippen LogP contribution in [0.15, 0.2) is 109 Å². The van der Waals surface area contributed by atoms with Crippen molar-refractivity contribution in [1.29, 1.82) is 0 Å². The maximum Gasteiger partial charge on any atom is 0.157 e. The molecule has 0 radical (unpaired) electrons. The topological polar surface area (TPSA) is 243 Å². The fraction of sp³-hybridized carbons (Fsp3) is 0.143. The van der Waals surface area contributed by atoms with E-state index in [2.05, 4.69) is 0 Å². The van der Waals surface area contributed by atoms with Crippen molar-refractivity contribution < 1.29 is 61.3 Å². The summed E-state index contributed by atoms with van der Waals surface area (Å²) < 4.78 is 0. The van der Waals surface area contributed by atoms with Gasteiger partial charge in [0.25, 0.3) is 0 Å². The van der Waals surface area contributed by atoms with E-state index in [0.717, 1.165) is 0 Å². The molecule has 1 aliphatic carbocycles. The summed E-state index contributed by atoms with van der Waals surface area (Å²) >= 11 is 0. The van der Waals surface area contributed by atoms with Crippen LogP contribution in [0.4, 0.5) is 0 Å². The van der Waals surface area contributed by atoms with Crippen molar-refractivity contribution in [2.45, 2.75) is 35.5 Å². The van der Waals surface area contributed by atoms with E-state index in [1.54, 1.807) is 36.4 Å². The highest BCUT2D eigenvalue weighted by atomic mass is 16.3. The van der Waals surface area contributed by atoms with Crippen LogP contribution >= 0.6 is 0 Å². The highest BCUT2D eigenvalue weighted by Gasteiger charge is 2.54. The molecule has 12 heteroatoms. The van der Waals surface area contributed by atoms with Gasteiger partial charge in [-0.1, -0.05) is 36.4 Å². The number of rotatable bonds is 6. The van der Waals surface area contributed by atoms with Crippen LogP contribution in [0.1, 0.15) is 68.9 Å². The summed E-state index contributed by atoms with van der Waals surface area (Å²) in [6, 6.07) is 25.5. The van der Waals surface area contributed by atoms with Crippen LogP contribution in [-0.2, 0) is 0 Å². The summed E-state index contributed by atoms with van der Waals surface area (Å²) in [6.45, 7) is 0. The number of hydrogen-bond donors (Lipinski definition) is 12. The van der Waals surface area contributed by atoms with Crippen LogP contribution in [-0.4, -0.2) is 61.3 Å². The molecule has 0 aliphatic heterocycles. The third-order valence-corrected chi connectivity index (χ3v) is 10.6. The number of aromatic hydroxyl groups is 12. The van der Waals surface area contributed by atoms with Crippen molar-refractivity contribution in [2.24, 2.45) is 0 Å². The Kier molecular flexibility index (Phi) is 8.82. The minimum atomic E-state index is -0.840. The lowest BCUT2D eigenvalue weighted by molar-refractivity contribution is 0.226. The van der Waals surface area contributed by atoms with Gasteiger partial charge in [0.05, 0.1) is 0 Å². The molecule has 1 aliphatic rings. The predicted molar refractivity (Wildman–Crippen MR) is 195 cm³/mol. The van der Waals surface area contributed by atoms with E-state index >= 15 is 0 Å². The second kappa shape index (κ2) is 13.5. The Labute approximate surface area is 307 Å². The van der Waals surface area contributed by atoms with Gasteiger partial charge in [-0.25, -0.2) is 0 Å². The van der Waals surface area contributed by atoms with Crippen LogP contribution in [0.3, 0.4) is 0 Å². The van der Waals surface area contributed by atoms with Crippen LogP contribution in [0.5, 0.6) is 69.0 Å². The number of benzene rings is 6. The van der Waals surface area contributed by atoms with Crippen molar-refractivity contribution in [2.75, 3.05) is 0 Å². The summed E-state index contributed by atoms with van der Waals surface area (Å²) in [7, 11) is 0. The van der Waals surface area contributed by atoms with Gasteiger partial charge >= 0.3 is 0 Å². The summed E-state index contributed by atoms with van der Waals surface area (Å²) in [4.78, 5) is 0. The van der Waals surface area contributed by atoms with Crippen molar-refractivity contribution in [3.05, 3.63) is 143 Å². The summed E-state index contributed by atoms with van der Waals surface area (Å²) in [5.74, 6) is -10.3. The molecule has 0 spiro atoms. The summed E-state index contributed by atoms with van der Waals surface area (Å²) in [6.07, 6.45) is 0. The molecule has 276 valence electrons. The van der Waals surface area contributed by atoms with E-state index in [1.165, 1.54) is 72.8 Å². The molecule has 12 nitrogen and oxygen atoms in total. The Morgan fingerprint density at radius 3 is 0.426 bits per heavy atom. The van der Waals surface area contributed by atoms with Gasteiger partial charge in [0.15, 0.2) is 69.0 Å². The Morgan fingerprint density at radius 2 is 0.315 bits per heavy atom. The van der Waals surface area contributed by atoms with Crippen molar-refractivity contribution >= 4 is 0 Å². The zero-order chi connectivity index (χ0) is 38.6. The molecule has 12 N–H and O–H groups in total. The van der Waals surface area contributed by atoms with Gasteiger partial charge in [0.2, 0.25) is 0 Å². The van der Waals surface area contributed by atoms with Crippen molar-refractivity contribution in [3.8, 4) is 69.0 Å². The average Bonchev–Trinajstić information content (AvgIpc) is 3.14. The molecule has 0 heterocycles. The molecule has 0 bridgehead atoms. The number of phenolic OH excluding ortho intramolecular Hbond substituents is 12. The second-order valence-electron chi connectivity index (χ2n) is 13.6. The third-order valence-electron chi connectivity index (χ3n) is 10.6. The molecule has 6 aromatic carbocycles. The average molecular weight is 733 g/mol. The summed E-state index contributed by atoms with van der Waals surface area (Å²) in [5, 5.41) is 128. The van der Waals surface area contributed by atoms with Gasteiger partial charge in [-0.05, 0) is 142 Å². The maximum absolute atomic E-state index is 10.9. The summed E-state index contributed by atoms with van der Waals surface area (Å²) in [5.41, 5.74) is 2.63. The lowest BCUT2D eigenvalue weighted by Crippen LogP contribution is -2.40. The number of hydrogen-bond acceptors (Lipinski definition) is 12. The van der Waals surface area contributed by atoms with E-state index < -0.39 is 105 Å². The van der Waals surface area contributed by atoms with Gasteiger partial charge in [-0.2, -0.15) is 0 Å². The molecule has 0 aromatic heterocycles. The molecular weight excluding hydrogens is 696 g/mol. The van der Waals surface area contributed by atoms with Crippen molar-refractivity contribution in [1.82, 2.24) is 0 Å². The molecule has 54 heavy (non-hydrogen) atoms. The second-order valence-corrected chi connectivity index (χ2v) is 13.6. The Morgan fingerprint density at radius 1 is 0.185 bits per heavy atom. The van der Waals surface area contributed by atoms with E-state index in [0.29, 0.717) is 33.4 Å². The van der Waals surface area contributed by atoms with Crippen LogP contribution in [0.25, 0.3) is 0 Å². The smallest absolute Gasteiger partial charge is 0.157 e. The fourth-order valence-electron chi connectivity index (χ4n) is 8.32. The minimum absolute atomic E-state index is 0.412. The standard InChI is InChI=1S/C42H36O12/c43-25-7-1-19(13-31(25)49)37-38(20-2-8-26(44)32(50)14-20)40(22-4-10-28(46)34(52)16-22)42(24-6-12-30(48)36(54)18-24)41(23-5-11-29(47)35(53)17-23)39(37)21-3-9-27(45)33(51)15-21/h1-18,37-54H. The Hall–Kier alpha value is -7.08. The molecular formula is C42H36O12. The van der Waals surface area contributed by atoms with Crippen molar-refractivity contribution in [3.63, 3.8) is 0 Å². The maximum atomic E-state index is 10.9. The lowest BCUT2D eigenvalue weighted by atomic mass is 9.49. The SMILES string of the molecule is Oc1ccc(C2C(c3ccc(O)c(O)c3)C(c3ccc(O)c(O)c3)C(c3ccc(O)c(O)c3)C(c3ccc(O)c(O)c3)C2c2ccc(O)c(O)c2)cc1O. The molecule has 0 amide bonds. The Balaban J connectivity index is 1.68.